The molecule has 0 spiro atoms. The Kier molecular flexibility index (Phi) is 2.61. The molecule has 0 aliphatic heterocycles. The van der Waals surface area contributed by atoms with Crippen LogP contribution in [0.5, 0.6) is 0 Å². The molecule has 2 nitrogen and oxygen atoms in total. The van der Waals surface area contributed by atoms with Crippen molar-refractivity contribution in [1.82, 2.24) is 0 Å². The number of hydrogen-bond acceptors (Lipinski definition) is 1. The molecule has 1 N–H and O–H groups in total. The van der Waals surface area contributed by atoms with Crippen LogP contribution in [0.25, 0.3) is 0 Å². The normalized spacial score (nSPS) is 12.8. The van der Waals surface area contributed by atoms with E-state index in [1.165, 1.54) is 0 Å². The van der Waals surface area contributed by atoms with Gasteiger partial charge in [0.05, 0.1) is 0 Å². The molecule has 0 saturated heterocycles. The van der Waals surface area contributed by atoms with Crippen molar-refractivity contribution in [2.45, 2.75) is 19.0 Å². The Morgan fingerprint density at radius 2 is 1.75 bits per heavy atom. The molecule has 3 heteroatoms. The van der Waals surface area contributed by atoms with Crippen molar-refractivity contribution >= 4 is 8.03 Å². The molecule has 0 amide bonds. The molecule has 1 atom stereocenters. The lowest BCUT2D eigenvalue weighted by Gasteiger charge is -2.09. The molecular formula is C9H12O2P+. The van der Waals surface area contributed by atoms with E-state index in [9.17, 15) is 4.57 Å². The molecule has 0 aromatic heterocycles. The summed E-state index contributed by atoms with van der Waals surface area (Å²) >= 11 is 0. The van der Waals surface area contributed by atoms with Crippen LogP contribution in [0.2, 0.25) is 0 Å². The number of hydrogen-bond donors (Lipinski definition) is 1. The quantitative estimate of drug-likeness (QED) is 0.715. The van der Waals surface area contributed by atoms with Crippen LogP contribution in [0, 0.1) is 0 Å². The molecule has 0 aliphatic rings. The fourth-order valence-corrected chi connectivity index (χ4v) is 1.33. The van der Waals surface area contributed by atoms with Crippen molar-refractivity contribution in [3.8, 4) is 0 Å². The third-order valence-electron chi connectivity index (χ3n) is 1.96. The van der Waals surface area contributed by atoms with E-state index in [1.807, 2.05) is 30.3 Å². The van der Waals surface area contributed by atoms with Gasteiger partial charge < -0.3 is 0 Å². The van der Waals surface area contributed by atoms with Crippen LogP contribution in [0.4, 0.5) is 0 Å². The largest absolute Gasteiger partial charge is 0.516 e. The molecule has 1 aromatic rings. The Labute approximate surface area is 73.1 Å². The first kappa shape index (κ1) is 9.37. The third kappa shape index (κ3) is 1.71. The van der Waals surface area contributed by atoms with Crippen molar-refractivity contribution in [2.75, 3.05) is 0 Å². The highest BCUT2D eigenvalue weighted by atomic mass is 31.1. The van der Waals surface area contributed by atoms with Crippen molar-refractivity contribution in [3.05, 3.63) is 35.9 Å². The predicted octanol–water partition coefficient (Wildman–Crippen LogP) is 2.66. The first-order chi connectivity index (χ1) is 5.55. The molecule has 1 rings (SSSR count). The summed E-state index contributed by atoms with van der Waals surface area (Å²) in [6, 6.07) is 9.36. The maximum Gasteiger partial charge on any atom is 0.516 e. The van der Waals surface area contributed by atoms with Crippen molar-refractivity contribution < 1.29 is 9.46 Å². The van der Waals surface area contributed by atoms with E-state index in [4.69, 9.17) is 4.89 Å². The topological polar surface area (TPSA) is 37.3 Å². The van der Waals surface area contributed by atoms with Crippen molar-refractivity contribution in [3.63, 3.8) is 0 Å². The molecule has 1 unspecified atom stereocenters. The summed E-state index contributed by atoms with van der Waals surface area (Å²) in [5, 5.41) is -0.642. The fraction of sp³-hybridized carbons (Fsp3) is 0.333. The lowest BCUT2D eigenvalue weighted by Crippen LogP contribution is -2.10. The van der Waals surface area contributed by atoms with E-state index in [-0.39, 0.29) is 0 Å². The van der Waals surface area contributed by atoms with Gasteiger partial charge >= 0.3 is 8.03 Å². The van der Waals surface area contributed by atoms with E-state index in [2.05, 4.69) is 0 Å². The number of benzene rings is 1. The maximum absolute atomic E-state index is 11.0. The van der Waals surface area contributed by atoms with Gasteiger partial charge in [-0.1, -0.05) is 30.3 Å². The fourth-order valence-electron chi connectivity index (χ4n) is 0.956. The maximum atomic E-state index is 11.0. The molecule has 0 aliphatic carbocycles. The van der Waals surface area contributed by atoms with E-state index in [1.54, 1.807) is 13.8 Å². The molecule has 0 bridgehead atoms. The van der Waals surface area contributed by atoms with Gasteiger partial charge in [0.1, 0.15) is 0 Å². The molecular weight excluding hydrogens is 171 g/mol. The van der Waals surface area contributed by atoms with Crippen LogP contribution < -0.4 is 0 Å². The predicted molar refractivity (Wildman–Crippen MR) is 49.3 cm³/mol. The second kappa shape index (κ2) is 3.34. The van der Waals surface area contributed by atoms with E-state index >= 15 is 0 Å². The average Bonchev–Trinajstić information content (AvgIpc) is 2.06. The first-order valence-electron chi connectivity index (χ1n) is 3.77. The summed E-state index contributed by atoms with van der Waals surface area (Å²) in [4.78, 5) is 9.04. The Morgan fingerprint density at radius 3 is 2.17 bits per heavy atom. The van der Waals surface area contributed by atoms with Gasteiger partial charge in [0.15, 0.2) is 0 Å². The molecule has 0 radical (unpaired) electrons. The summed E-state index contributed by atoms with van der Waals surface area (Å²) in [7, 11) is -2.17. The second-order valence-corrected chi connectivity index (χ2v) is 4.86. The van der Waals surface area contributed by atoms with Crippen LogP contribution in [-0.4, -0.2) is 4.89 Å². The second-order valence-electron chi connectivity index (χ2n) is 3.20. The highest BCUT2D eigenvalue weighted by Crippen LogP contribution is 2.43. The molecule has 0 saturated carbocycles. The van der Waals surface area contributed by atoms with Gasteiger partial charge in [-0.3, -0.25) is 0 Å². The van der Waals surface area contributed by atoms with E-state index in [0.29, 0.717) is 0 Å². The minimum absolute atomic E-state index is 0.642. The molecule has 0 heterocycles. The molecule has 12 heavy (non-hydrogen) atoms. The SMILES string of the molecule is CC(C)(c1ccccc1)[P+](=O)O. The van der Waals surface area contributed by atoms with Crippen LogP contribution in [0.15, 0.2) is 30.3 Å². The summed E-state index contributed by atoms with van der Waals surface area (Å²) < 4.78 is 11.0. The zero-order chi connectivity index (χ0) is 9.19. The Bertz CT molecular complexity index is 280. The third-order valence-corrected chi connectivity index (χ3v) is 3.17. The van der Waals surface area contributed by atoms with Gasteiger partial charge in [-0.25, -0.2) is 0 Å². The minimum Gasteiger partial charge on any atom is -0.160 e. The van der Waals surface area contributed by atoms with Crippen molar-refractivity contribution in [2.24, 2.45) is 0 Å². The van der Waals surface area contributed by atoms with Crippen LogP contribution in [0.1, 0.15) is 19.4 Å². The van der Waals surface area contributed by atoms with Gasteiger partial charge in [-0.2, -0.15) is 4.89 Å². The Balaban J connectivity index is 3.06. The highest BCUT2D eigenvalue weighted by Gasteiger charge is 2.40. The summed E-state index contributed by atoms with van der Waals surface area (Å²) in [5.74, 6) is 0. The molecule has 1 aromatic carbocycles. The lowest BCUT2D eigenvalue weighted by atomic mass is 10.0. The molecule has 0 fully saturated rings. The van der Waals surface area contributed by atoms with Gasteiger partial charge in [-0.05, 0) is 18.4 Å². The standard InChI is InChI=1S/C9H11O2P/c1-9(2,12(10)11)8-6-4-3-5-7-8/h3-7H,1-2H3/p+1. The van der Waals surface area contributed by atoms with Gasteiger partial charge in [-0.15, -0.1) is 0 Å². The smallest absolute Gasteiger partial charge is 0.160 e. The summed E-state index contributed by atoms with van der Waals surface area (Å²) in [6.07, 6.45) is 0. The van der Waals surface area contributed by atoms with Gasteiger partial charge in [0.2, 0.25) is 5.16 Å². The van der Waals surface area contributed by atoms with Crippen LogP contribution in [0.3, 0.4) is 0 Å². The minimum atomic E-state index is -2.17. The number of rotatable bonds is 2. The first-order valence-corrected chi connectivity index (χ1v) is 4.98. The Hall–Kier alpha value is -0.720. The monoisotopic (exact) mass is 183 g/mol. The average molecular weight is 183 g/mol. The lowest BCUT2D eigenvalue weighted by molar-refractivity contribution is 0.468. The zero-order valence-electron chi connectivity index (χ0n) is 7.19. The Morgan fingerprint density at radius 1 is 1.25 bits per heavy atom. The van der Waals surface area contributed by atoms with Gasteiger partial charge in [0.25, 0.3) is 0 Å². The zero-order valence-corrected chi connectivity index (χ0v) is 8.08. The molecule has 64 valence electrons. The van der Waals surface area contributed by atoms with Crippen LogP contribution >= 0.6 is 8.03 Å². The van der Waals surface area contributed by atoms with Gasteiger partial charge in [0, 0.05) is 5.56 Å². The van der Waals surface area contributed by atoms with E-state index in [0.717, 1.165) is 5.56 Å². The van der Waals surface area contributed by atoms with E-state index < -0.39 is 13.2 Å². The highest BCUT2D eigenvalue weighted by molar-refractivity contribution is 7.39. The van der Waals surface area contributed by atoms with Crippen molar-refractivity contribution in [1.29, 1.82) is 0 Å². The van der Waals surface area contributed by atoms with Crippen LogP contribution in [-0.2, 0) is 9.72 Å². The summed E-state index contributed by atoms with van der Waals surface area (Å²) in [6.45, 7) is 3.53. The summed E-state index contributed by atoms with van der Waals surface area (Å²) in [5.41, 5.74) is 0.897.